The van der Waals surface area contributed by atoms with E-state index < -0.39 is 10.0 Å². The molecule has 0 radical (unpaired) electrons. The first-order chi connectivity index (χ1) is 12.9. The quantitative estimate of drug-likeness (QED) is 0.689. The molecule has 0 spiro atoms. The van der Waals surface area contributed by atoms with Crippen molar-refractivity contribution in [3.8, 4) is 0 Å². The first-order valence-corrected chi connectivity index (χ1v) is 9.91. The number of carbonyl (C=O) groups is 1. The van der Waals surface area contributed by atoms with Gasteiger partial charge in [0.15, 0.2) is 0 Å². The number of hydrogen-bond donors (Lipinski definition) is 1. The van der Waals surface area contributed by atoms with Gasteiger partial charge in [-0.15, -0.1) is 0 Å². The zero-order valence-electron chi connectivity index (χ0n) is 14.5. The van der Waals surface area contributed by atoms with E-state index in [9.17, 15) is 13.2 Å². The van der Waals surface area contributed by atoms with Crippen molar-refractivity contribution in [2.24, 2.45) is 0 Å². The van der Waals surface area contributed by atoms with Crippen molar-refractivity contribution in [3.63, 3.8) is 0 Å². The van der Waals surface area contributed by atoms with Crippen LogP contribution in [0.1, 0.15) is 10.4 Å². The van der Waals surface area contributed by atoms with Gasteiger partial charge in [0.2, 0.25) is 0 Å². The van der Waals surface area contributed by atoms with Gasteiger partial charge >= 0.3 is 0 Å². The van der Waals surface area contributed by atoms with Crippen LogP contribution in [0, 0.1) is 0 Å². The third-order valence-corrected chi connectivity index (χ3v) is 6.11. The molecule has 0 unspecified atom stereocenters. The van der Waals surface area contributed by atoms with Crippen molar-refractivity contribution in [2.45, 2.75) is 4.90 Å². The molecular weight excluding hydrogens is 384 g/mol. The van der Waals surface area contributed by atoms with Gasteiger partial charge in [-0.3, -0.25) is 9.10 Å². The predicted octanol–water partition coefficient (Wildman–Crippen LogP) is 4.42. The van der Waals surface area contributed by atoms with E-state index in [1.807, 2.05) is 18.2 Å². The van der Waals surface area contributed by atoms with E-state index in [1.54, 1.807) is 36.4 Å². The van der Waals surface area contributed by atoms with Gasteiger partial charge in [-0.1, -0.05) is 48.0 Å². The summed E-state index contributed by atoms with van der Waals surface area (Å²) in [6.45, 7) is 0. The monoisotopic (exact) mass is 400 g/mol. The summed E-state index contributed by atoms with van der Waals surface area (Å²) in [5, 5.41) is 2.91. The fourth-order valence-electron chi connectivity index (χ4n) is 2.49. The maximum atomic E-state index is 12.7. The molecule has 0 aliphatic heterocycles. The van der Waals surface area contributed by atoms with Crippen molar-refractivity contribution < 1.29 is 13.2 Å². The molecule has 0 heterocycles. The van der Waals surface area contributed by atoms with Gasteiger partial charge in [0.1, 0.15) is 0 Å². The Balaban J connectivity index is 1.85. The summed E-state index contributed by atoms with van der Waals surface area (Å²) in [5.41, 5.74) is 1.27. The van der Waals surface area contributed by atoms with Crippen molar-refractivity contribution in [2.75, 3.05) is 16.7 Å². The number of rotatable bonds is 5. The molecule has 138 valence electrons. The minimum Gasteiger partial charge on any atom is -0.322 e. The Labute approximate surface area is 163 Å². The van der Waals surface area contributed by atoms with Crippen molar-refractivity contribution >= 4 is 38.9 Å². The number of carbonyl (C=O) groups excluding carboxylic acids is 1. The maximum absolute atomic E-state index is 12.7. The number of hydrogen-bond acceptors (Lipinski definition) is 3. The van der Waals surface area contributed by atoms with E-state index in [2.05, 4.69) is 5.32 Å². The van der Waals surface area contributed by atoms with Gasteiger partial charge in [-0.25, -0.2) is 8.42 Å². The van der Waals surface area contributed by atoms with E-state index in [4.69, 9.17) is 11.6 Å². The molecule has 27 heavy (non-hydrogen) atoms. The molecule has 1 amide bonds. The van der Waals surface area contributed by atoms with E-state index in [1.165, 1.54) is 31.3 Å². The average molecular weight is 401 g/mol. The normalized spacial score (nSPS) is 11.0. The first-order valence-electron chi connectivity index (χ1n) is 8.09. The lowest BCUT2D eigenvalue weighted by atomic mass is 10.2. The molecule has 3 aromatic carbocycles. The van der Waals surface area contributed by atoms with Crippen LogP contribution in [0.5, 0.6) is 0 Å². The molecule has 3 aromatic rings. The molecule has 0 saturated carbocycles. The second-order valence-corrected chi connectivity index (χ2v) is 8.15. The van der Waals surface area contributed by atoms with Crippen LogP contribution in [0.3, 0.4) is 0 Å². The third kappa shape index (κ3) is 4.13. The van der Waals surface area contributed by atoms with Gasteiger partial charge in [0, 0.05) is 12.7 Å². The Kier molecular flexibility index (Phi) is 5.48. The highest BCUT2D eigenvalue weighted by molar-refractivity contribution is 7.92. The van der Waals surface area contributed by atoms with Crippen LogP contribution in [0.15, 0.2) is 83.8 Å². The fourth-order valence-corrected chi connectivity index (χ4v) is 3.96. The number of benzene rings is 3. The van der Waals surface area contributed by atoms with Gasteiger partial charge in [-0.05, 0) is 42.5 Å². The molecule has 5 nitrogen and oxygen atoms in total. The number of nitrogens with one attached hydrogen (secondary N) is 1. The average Bonchev–Trinajstić information content (AvgIpc) is 2.68. The molecule has 0 atom stereocenters. The number of sulfonamides is 1. The summed E-state index contributed by atoms with van der Waals surface area (Å²) >= 11 is 6.25. The SMILES string of the molecule is CN(c1ccc(C(=O)Nc2ccccc2)c(Cl)c1)S(=O)(=O)c1ccccc1. The second-order valence-electron chi connectivity index (χ2n) is 5.77. The van der Waals surface area contributed by atoms with Crippen LogP contribution in [-0.2, 0) is 10.0 Å². The standard InChI is InChI=1S/C20H17ClN2O3S/c1-23(27(25,26)17-10-6-3-7-11-17)16-12-13-18(19(21)14-16)20(24)22-15-8-4-2-5-9-15/h2-14H,1H3,(H,22,24). The zero-order valence-corrected chi connectivity index (χ0v) is 16.0. The molecule has 0 bridgehead atoms. The van der Waals surface area contributed by atoms with Crippen LogP contribution in [0.2, 0.25) is 5.02 Å². The summed E-state index contributed by atoms with van der Waals surface area (Å²) in [4.78, 5) is 12.6. The van der Waals surface area contributed by atoms with Crippen molar-refractivity contribution in [1.29, 1.82) is 0 Å². The van der Waals surface area contributed by atoms with Gasteiger partial charge in [0.25, 0.3) is 15.9 Å². The maximum Gasteiger partial charge on any atom is 0.264 e. The molecule has 1 N–H and O–H groups in total. The van der Waals surface area contributed by atoms with Crippen LogP contribution in [0.25, 0.3) is 0 Å². The van der Waals surface area contributed by atoms with Crippen LogP contribution in [-0.4, -0.2) is 21.4 Å². The van der Waals surface area contributed by atoms with Gasteiger partial charge in [-0.2, -0.15) is 0 Å². The lowest BCUT2D eigenvalue weighted by molar-refractivity contribution is 0.102. The molecule has 3 rings (SSSR count). The number of anilines is 2. The highest BCUT2D eigenvalue weighted by atomic mass is 35.5. The lowest BCUT2D eigenvalue weighted by Gasteiger charge is -2.20. The van der Waals surface area contributed by atoms with Crippen LogP contribution < -0.4 is 9.62 Å². The molecule has 0 aliphatic rings. The number of para-hydroxylation sites is 1. The summed E-state index contributed by atoms with van der Waals surface area (Å²) in [6, 6.07) is 21.6. The Bertz CT molecular complexity index is 1060. The summed E-state index contributed by atoms with van der Waals surface area (Å²) in [5.74, 6) is -0.369. The Hall–Kier alpha value is -2.83. The largest absolute Gasteiger partial charge is 0.322 e. The fraction of sp³-hybridized carbons (Fsp3) is 0.0500. The highest BCUT2D eigenvalue weighted by Gasteiger charge is 2.22. The van der Waals surface area contributed by atoms with Gasteiger partial charge in [0.05, 0.1) is 21.2 Å². The minimum atomic E-state index is -3.72. The van der Waals surface area contributed by atoms with Crippen LogP contribution in [0.4, 0.5) is 11.4 Å². The minimum absolute atomic E-state index is 0.163. The number of amides is 1. The second kappa shape index (κ2) is 7.82. The first kappa shape index (κ1) is 18.9. The molecular formula is C20H17ClN2O3S. The van der Waals surface area contributed by atoms with E-state index in [0.717, 1.165) is 4.31 Å². The topological polar surface area (TPSA) is 66.5 Å². The molecule has 0 aliphatic carbocycles. The van der Waals surface area contributed by atoms with E-state index in [0.29, 0.717) is 11.4 Å². The van der Waals surface area contributed by atoms with Gasteiger partial charge < -0.3 is 5.32 Å². The third-order valence-electron chi connectivity index (χ3n) is 3.99. The summed E-state index contributed by atoms with van der Waals surface area (Å²) in [6.07, 6.45) is 0. The predicted molar refractivity (Wildman–Crippen MR) is 108 cm³/mol. The zero-order chi connectivity index (χ0) is 19.4. The van der Waals surface area contributed by atoms with E-state index >= 15 is 0 Å². The number of halogens is 1. The van der Waals surface area contributed by atoms with Crippen molar-refractivity contribution in [3.05, 3.63) is 89.4 Å². The highest BCUT2D eigenvalue weighted by Crippen LogP contribution is 2.27. The Morgan fingerprint density at radius 3 is 2.11 bits per heavy atom. The summed E-state index contributed by atoms with van der Waals surface area (Å²) < 4.78 is 26.5. The Morgan fingerprint density at radius 2 is 1.52 bits per heavy atom. The molecule has 0 aromatic heterocycles. The van der Waals surface area contributed by atoms with Crippen molar-refractivity contribution in [1.82, 2.24) is 0 Å². The Morgan fingerprint density at radius 1 is 0.926 bits per heavy atom. The molecule has 7 heteroatoms. The smallest absolute Gasteiger partial charge is 0.264 e. The molecule has 0 saturated heterocycles. The number of nitrogens with zero attached hydrogens (tertiary/aromatic N) is 1. The lowest BCUT2D eigenvalue weighted by Crippen LogP contribution is -2.26. The summed E-state index contributed by atoms with van der Waals surface area (Å²) in [7, 11) is -2.27. The van der Waals surface area contributed by atoms with Crippen LogP contribution >= 0.6 is 11.6 Å². The van der Waals surface area contributed by atoms with E-state index in [-0.39, 0.29) is 21.4 Å². The molecule has 0 fully saturated rings.